The Balaban J connectivity index is 2.05. The molecular weight excluding hydrogens is 594 g/mol. The van der Waals surface area contributed by atoms with E-state index in [0.29, 0.717) is 24.4 Å². The molecule has 0 aromatic heterocycles. The number of ether oxygens (including phenoxy) is 1. The lowest BCUT2D eigenvalue weighted by molar-refractivity contribution is -0.140. The maximum Gasteiger partial charge on any atom is 0.264 e. The zero-order valence-electron chi connectivity index (χ0n) is 23.3. The van der Waals surface area contributed by atoms with Crippen molar-refractivity contribution >= 4 is 43.5 Å². The van der Waals surface area contributed by atoms with Gasteiger partial charge in [0.25, 0.3) is 10.0 Å². The Labute approximate surface area is 245 Å². The number of halogens is 1. The SMILES string of the molecule is CCCNC(=O)[C@@H](CC)N(Cc1cccc(OC)c1)C(=O)CN(c1ccc(Br)cc1)S(=O)(=O)c1ccc(C)cc1. The zero-order chi connectivity index (χ0) is 29.3. The summed E-state index contributed by atoms with van der Waals surface area (Å²) in [7, 11) is -2.56. The number of rotatable bonds is 13. The summed E-state index contributed by atoms with van der Waals surface area (Å²) in [5.74, 6) is -0.163. The van der Waals surface area contributed by atoms with Crippen LogP contribution in [0.4, 0.5) is 5.69 Å². The molecular formula is C30H36BrN3O5S. The van der Waals surface area contributed by atoms with Gasteiger partial charge in [-0.15, -0.1) is 0 Å². The van der Waals surface area contributed by atoms with Crippen molar-refractivity contribution in [2.75, 3.05) is 24.5 Å². The summed E-state index contributed by atoms with van der Waals surface area (Å²) in [6, 6.07) is 19.7. The minimum atomic E-state index is -4.11. The van der Waals surface area contributed by atoms with Crippen molar-refractivity contribution in [2.24, 2.45) is 0 Å². The van der Waals surface area contributed by atoms with E-state index in [1.165, 1.54) is 17.0 Å². The number of carbonyl (C=O) groups is 2. The molecule has 0 saturated heterocycles. The molecule has 0 aliphatic rings. The third kappa shape index (κ3) is 7.85. The van der Waals surface area contributed by atoms with Crippen LogP contribution >= 0.6 is 15.9 Å². The Morgan fingerprint density at radius 3 is 2.27 bits per heavy atom. The largest absolute Gasteiger partial charge is 0.497 e. The van der Waals surface area contributed by atoms with Crippen LogP contribution in [0.2, 0.25) is 0 Å². The van der Waals surface area contributed by atoms with E-state index < -0.39 is 28.5 Å². The maximum absolute atomic E-state index is 14.1. The molecule has 3 rings (SSSR count). The van der Waals surface area contributed by atoms with Gasteiger partial charge in [-0.05, 0) is 73.9 Å². The van der Waals surface area contributed by atoms with Crippen LogP contribution in [0.25, 0.3) is 0 Å². The van der Waals surface area contributed by atoms with Gasteiger partial charge < -0.3 is 15.0 Å². The molecule has 3 aromatic rings. The highest BCUT2D eigenvalue weighted by atomic mass is 79.9. The number of aryl methyl sites for hydroxylation is 1. The molecule has 10 heteroatoms. The highest BCUT2D eigenvalue weighted by Gasteiger charge is 2.33. The maximum atomic E-state index is 14.1. The first-order valence-corrected chi connectivity index (χ1v) is 15.4. The highest BCUT2D eigenvalue weighted by Crippen LogP contribution is 2.27. The Morgan fingerprint density at radius 1 is 1.00 bits per heavy atom. The third-order valence-corrected chi connectivity index (χ3v) is 8.74. The van der Waals surface area contributed by atoms with Crippen LogP contribution in [0, 0.1) is 6.92 Å². The molecule has 0 aliphatic heterocycles. The minimum Gasteiger partial charge on any atom is -0.497 e. The Hall–Kier alpha value is -3.37. The summed E-state index contributed by atoms with van der Waals surface area (Å²) in [6.45, 7) is 5.75. The lowest BCUT2D eigenvalue weighted by Gasteiger charge is -2.33. The van der Waals surface area contributed by atoms with Crippen LogP contribution in [-0.4, -0.2) is 51.4 Å². The number of amides is 2. The quantitative estimate of drug-likeness (QED) is 0.277. The van der Waals surface area contributed by atoms with Crippen LogP contribution in [0.3, 0.4) is 0 Å². The summed E-state index contributed by atoms with van der Waals surface area (Å²) in [5.41, 5.74) is 2.01. The summed E-state index contributed by atoms with van der Waals surface area (Å²) in [5, 5.41) is 2.89. The number of nitrogens with one attached hydrogen (secondary N) is 1. The number of hydrogen-bond donors (Lipinski definition) is 1. The minimum absolute atomic E-state index is 0.0703. The number of methoxy groups -OCH3 is 1. The number of nitrogens with zero attached hydrogens (tertiary/aromatic N) is 2. The van der Waals surface area contributed by atoms with E-state index in [0.717, 1.165) is 26.3 Å². The lowest BCUT2D eigenvalue weighted by atomic mass is 10.1. The number of sulfonamides is 1. The molecule has 0 radical (unpaired) electrons. The Bertz CT molecular complexity index is 1400. The molecule has 1 N–H and O–H groups in total. The van der Waals surface area contributed by atoms with Crippen LogP contribution in [-0.2, 0) is 26.2 Å². The van der Waals surface area contributed by atoms with E-state index in [9.17, 15) is 18.0 Å². The van der Waals surface area contributed by atoms with Crippen molar-refractivity contribution in [1.82, 2.24) is 10.2 Å². The molecule has 2 amide bonds. The number of anilines is 1. The Kier molecular flexibility index (Phi) is 11.2. The van der Waals surface area contributed by atoms with E-state index in [1.807, 2.05) is 32.9 Å². The molecule has 0 aliphatic carbocycles. The second kappa shape index (κ2) is 14.3. The van der Waals surface area contributed by atoms with Gasteiger partial charge >= 0.3 is 0 Å². The van der Waals surface area contributed by atoms with Gasteiger partial charge in [0, 0.05) is 17.6 Å². The van der Waals surface area contributed by atoms with Gasteiger partial charge in [0.05, 0.1) is 17.7 Å². The summed E-state index contributed by atoms with van der Waals surface area (Å²) in [4.78, 5) is 28.8. The monoisotopic (exact) mass is 629 g/mol. The van der Waals surface area contributed by atoms with E-state index in [-0.39, 0.29) is 17.3 Å². The normalized spacial score (nSPS) is 11.9. The lowest BCUT2D eigenvalue weighted by Crippen LogP contribution is -2.52. The van der Waals surface area contributed by atoms with E-state index >= 15 is 0 Å². The predicted octanol–water partition coefficient (Wildman–Crippen LogP) is 5.30. The molecule has 0 spiro atoms. The number of hydrogen-bond acceptors (Lipinski definition) is 5. The van der Waals surface area contributed by atoms with E-state index in [2.05, 4.69) is 21.2 Å². The summed E-state index contributed by atoms with van der Waals surface area (Å²) < 4.78 is 35.0. The van der Waals surface area contributed by atoms with Gasteiger partial charge in [-0.1, -0.05) is 59.6 Å². The molecule has 0 unspecified atom stereocenters. The highest BCUT2D eigenvalue weighted by molar-refractivity contribution is 9.10. The molecule has 0 saturated carbocycles. The fourth-order valence-corrected chi connectivity index (χ4v) is 5.91. The van der Waals surface area contributed by atoms with Crippen molar-refractivity contribution in [1.29, 1.82) is 0 Å². The molecule has 214 valence electrons. The first kappa shape index (κ1) is 31.2. The number of benzene rings is 3. The second-order valence-corrected chi connectivity index (χ2v) is 12.2. The van der Waals surface area contributed by atoms with Crippen molar-refractivity contribution in [3.05, 3.63) is 88.4 Å². The molecule has 0 heterocycles. The third-order valence-electron chi connectivity index (χ3n) is 6.42. The first-order chi connectivity index (χ1) is 19.1. The van der Waals surface area contributed by atoms with Crippen LogP contribution in [0.5, 0.6) is 5.75 Å². The predicted molar refractivity (Wildman–Crippen MR) is 161 cm³/mol. The molecule has 1 atom stereocenters. The van der Waals surface area contributed by atoms with Gasteiger partial charge in [-0.2, -0.15) is 0 Å². The smallest absolute Gasteiger partial charge is 0.264 e. The van der Waals surface area contributed by atoms with Gasteiger partial charge in [-0.25, -0.2) is 8.42 Å². The van der Waals surface area contributed by atoms with Gasteiger partial charge in [-0.3, -0.25) is 13.9 Å². The van der Waals surface area contributed by atoms with Crippen molar-refractivity contribution < 1.29 is 22.7 Å². The van der Waals surface area contributed by atoms with Crippen molar-refractivity contribution in [3.8, 4) is 5.75 Å². The average molecular weight is 631 g/mol. The molecule has 0 fully saturated rings. The van der Waals surface area contributed by atoms with Gasteiger partial charge in [0.15, 0.2) is 0 Å². The molecule has 0 bridgehead atoms. The fraction of sp³-hybridized carbons (Fsp3) is 0.333. The van der Waals surface area contributed by atoms with Gasteiger partial charge in [0.1, 0.15) is 18.3 Å². The van der Waals surface area contributed by atoms with Gasteiger partial charge in [0.2, 0.25) is 11.8 Å². The van der Waals surface area contributed by atoms with Crippen LogP contribution < -0.4 is 14.4 Å². The molecule has 40 heavy (non-hydrogen) atoms. The van der Waals surface area contributed by atoms with Crippen LogP contribution in [0.15, 0.2) is 82.2 Å². The standard InChI is InChI=1S/C30H36BrN3O5S/c1-5-18-32-30(36)28(6-2)33(20-23-8-7-9-26(19-23)39-4)29(35)21-34(25-14-12-24(31)13-15-25)40(37,38)27-16-10-22(3)11-17-27/h7-17,19,28H,5-6,18,20-21H2,1-4H3,(H,32,36)/t28-/m1/s1. The molecule has 8 nitrogen and oxygen atoms in total. The molecule has 3 aromatic carbocycles. The topological polar surface area (TPSA) is 96.0 Å². The number of carbonyl (C=O) groups excluding carboxylic acids is 2. The van der Waals surface area contributed by atoms with Crippen molar-refractivity contribution in [3.63, 3.8) is 0 Å². The van der Waals surface area contributed by atoms with E-state index in [1.54, 1.807) is 55.6 Å². The first-order valence-electron chi connectivity index (χ1n) is 13.2. The zero-order valence-corrected chi connectivity index (χ0v) is 25.7. The average Bonchev–Trinajstić information content (AvgIpc) is 2.95. The second-order valence-electron chi connectivity index (χ2n) is 9.39. The Morgan fingerprint density at radius 2 is 1.68 bits per heavy atom. The van der Waals surface area contributed by atoms with E-state index in [4.69, 9.17) is 4.74 Å². The van der Waals surface area contributed by atoms with Crippen LogP contribution in [0.1, 0.15) is 37.8 Å². The summed E-state index contributed by atoms with van der Waals surface area (Å²) in [6.07, 6.45) is 1.10. The fourth-order valence-electron chi connectivity index (χ4n) is 4.23. The van der Waals surface area contributed by atoms with Crippen molar-refractivity contribution in [2.45, 2.75) is 51.1 Å². The summed E-state index contributed by atoms with van der Waals surface area (Å²) >= 11 is 3.39.